The van der Waals surface area contributed by atoms with Gasteiger partial charge in [0.25, 0.3) is 0 Å². The Morgan fingerprint density at radius 1 is 1.21 bits per heavy atom. The average molecular weight is 192 g/mol. The Labute approximate surface area is 81.6 Å². The zero-order chi connectivity index (χ0) is 9.97. The zero-order valence-corrected chi connectivity index (χ0v) is 7.58. The SMILES string of the molecule is FC1=CC(c2cccc(F)c2)C=CC1. The molecule has 1 aliphatic carbocycles. The topological polar surface area (TPSA) is 0 Å². The van der Waals surface area contributed by atoms with Crippen LogP contribution < -0.4 is 0 Å². The third kappa shape index (κ3) is 1.90. The van der Waals surface area contributed by atoms with E-state index in [9.17, 15) is 8.78 Å². The number of halogens is 2. The van der Waals surface area contributed by atoms with Gasteiger partial charge in [0.1, 0.15) is 11.6 Å². The fourth-order valence-corrected chi connectivity index (χ4v) is 1.57. The predicted molar refractivity (Wildman–Crippen MR) is 52.1 cm³/mol. The molecule has 0 aliphatic heterocycles. The van der Waals surface area contributed by atoms with Crippen molar-refractivity contribution in [2.75, 3.05) is 0 Å². The molecule has 1 unspecified atom stereocenters. The predicted octanol–water partition coefficient (Wildman–Crippen LogP) is 3.72. The van der Waals surface area contributed by atoms with Crippen LogP contribution >= 0.6 is 0 Å². The van der Waals surface area contributed by atoms with E-state index in [4.69, 9.17) is 0 Å². The standard InChI is InChI=1S/C12H10F2/c13-11-5-1-3-9(7-11)10-4-2-6-12(14)8-10/h1-5,7-8,10H,6H2. The maximum absolute atomic E-state index is 12.9. The molecule has 72 valence electrons. The molecule has 1 aliphatic rings. The molecule has 0 radical (unpaired) electrons. The van der Waals surface area contributed by atoms with Gasteiger partial charge in [0.05, 0.1) is 0 Å². The molecule has 0 spiro atoms. The van der Waals surface area contributed by atoms with Crippen molar-refractivity contribution in [3.8, 4) is 0 Å². The van der Waals surface area contributed by atoms with Gasteiger partial charge in [-0.2, -0.15) is 0 Å². The molecule has 0 heterocycles. The Hall–Kier alpha value is -1.44. The van der Waals surface area contributed by atoms with E-state index in [0.29, 0.717) is 6.42 Å². The number of rotatable bonds is 1. The van der Waals surface area contributed by atoms with Crippen LogP contribution in [0.15, 0.2) is 48.3 Å². The zero-order valence-electron chi connectivity index (χ0n) is 7.58. The van der Waals surface area contributed by atoms with E-state index in [0.717, 1.165) is 5.56 Å². The third-order valence-corrected chi connectivity index (χ3v) is 2.25. The van der Waals surface area contributed by atoms with Crippen molar-refractivity contribution in [2.24, 2.45) is 0 Å². The van der Waals surface area contributed by atoms with Crippen molar-refractivity contribution in [1.29, 1.82) is 0 Å². The third-order valence-electron chi connectivity index (χ3n) is 2.25. The smallest absolute Gasteiger partial charge is 0.123 e. The van der Waals surface area contributed by atoms with Gasteiger partial charge in [-0.3, -0.25) is 0 Å². The van der Waals surface area contributed by atoms with E-state index in [2.05, 4.69) is 0 Å². The number of hydrogen-bond donors (Lipinski definition) is 0. The molecule has 0 bridgehead atoms. The monoisotopic (exact) mass is 192 g/mol. The highest BCUT2D eigenvalue weighted by molar-refractivity contribution is 5.32. The summed E-state index contributed by atoms with van der Waals surface area (Å²) >= 11 is 0. The molecule has 0 fully saturated rings. The summed E-state index contributed by atoms with van der Waals surface area (Å²) in [6, 6.07) is 6.26. The summed E-state index contributed by atoms with van der Waals surface area (Å²) < 4.78 is 25.8. The largest absolute Gasteiger partial charge is 0.212 e. The fourth-order valence-electron chi connectivity index (χ4n) is 1.57. The van der Waals surface area contributed by atoms with E-state index >= 15 is 0 Å². The van der Waals surface area contributed by atoms with E-state index < -0.39 is 0 Å². The fraction of sp³-hybridized carbons (Fsp3) is 0.167. The molecule has 0 saturated carbocycles. The first-order valence-corrected chi connectivity index (χ1v) is 4.54. The molecule has 0 nitrogen and oxygen atoms in total. The Morgan fingerprint density at radius 3 is 2.79 bits per heavy atom. The minimum atomic E-state index is -0.282. The van der Waals surface area contributed by atoms with Gasteiger partial charge < -0.3 is 0 Å². The van der Waals surface area contributed by atoms with Gasteiger partial charge in [0.2, 0.25) is 0 Å². The van der Waals surface area contributed by atoms with Gasteiger partial charge in [-0.15, -0.1) is 0 Å². The lowest BCUT2D eigenvalue weighted by atomic mass is 9.94. The minimum Gasteiger partial charge on any atom is -0.212 e. The maximum atomic E-state index is 12.9. The molecule has 2 rings (SSSR count). The molecular weight excluding hydrogens is 182 g/mol. The van der Waals surface area contributed by atoms with Crippen LogP contribution in [-0.4, -0.2) is 0 Å². The second-order valence-corrected chi connectivity index (χ2v) is 3.33. The first-order chi connectivity index (χ1) is 6.75. The molecular formula is C12H10F2. The normalized spacial score (nSPS) is 20.7. The van der Waals surface area contributed by atoms with Gasteiger partial charge in [-0.25, -0.2) is 8.78 Å². The number of benzene rings is 1. The second kappa shape index (κ2) is 3.74. The Morgan fingerprint density at radius 2 is 2.07 bits per heavy atom. The first-order valence-electron chi connectivity index (χ1n) is 4.54. The lowest BCUT2D eigenvalue weighted by Crippen LogP contribution is -1.96. The average Bonchev–Trinajstić information content (AvgIpc) is 2.18. The maximum Gasteiger partial charge on any atom is 0.123 e. The van der Waals surface area contributed by atoms with E-state index in [-0.39, 0.29) is 17.6 Å². The van der Waals surface area contributed by atoms with Crippen LogP contribution in [0.2, 0.25) is 0 Å². The summed E-state index contributed by atoms with van der Waals surface area (Å²) in [7, 11) is 0. The molecule has 14 heavy (non-hydrogen) atoms. The molecule has 1 aromatic rings. The minimum absolute atomic E-state index is 0.126. The highest BCUT2D eigenvalue weighted by Gasteiger charge is 2.10. The lowest BCUT2D eigenvalue weighted by molar-refractivity contribution is 0.601. The van der Waals surface area contributed by atoms with Crippen LogP contribution in [0.3, 0.4) is 0 Å². The number of hydrogen-bond acceptors (Lipinski definition) is 0. The highest BCUT2D eigenvalue weighted by atomic mass is 19.1. The molecule has 0 amide bonds. The van der Waals surface area contributed by atoms with Crippen molar-refractivity contribution in [3.05, 3.63) is 59.7 Å². The van der Waals surface area contributed by atoms with Crippen LogP contribution in [0.1, 0.15) is 17.9 Å². The summed E-state index contributed by atoms with van der Waals surface area (Å²) in [6.07, 6.45) is 5.53. The van der Waals surface area contributed by atoms with E-state index in [1.807, 2.05) is 6.08 Å². The summed E-state index contributed by atoms with van der Waals surface area (Å²) in [5, 5.41) is 0. The Kier molecular flexibility index (Phi) is 2.44. The number of allylic oxidation sites excluding steroid dienone is 4. The molecule has 1 atom stereocenters. The van der Waals surface area contributed by atoms with Gasteiger partial charge in [0, 0.05) is 12.3 Å². The Balaban J connectivity index is 2.31. The van der Waals surface area contributed by atoms with Crippen molar-refractivity contribution in [3.63, 3.8) is 0 Å². The molecule has 2 heteroatoms. The Bertz CT molecular complexity index is 391. The van der Waals surface area contributed by atoms with Crippen molar-refractivity contribution >= 4 is 0 Å². The summed E-state index contributed by atoms with van der Waals surface area (Å²) in [6.45, 7) is 0. The van der Waals surface area contributed by atoms with Crippen molar-refractivity contribution in [1.82, 2.24) is 0 Å². The summed E-state index contributed by atoms with van der Waals surface area (Å²) in [4.78, 5) is 0. The van der Waals surface area contributed by atoms with Crippen LogP contribution in [0.25, 0.3) is 0 Å². The van der Waals surface area contributed by atoms with Gasteiger partial charge in [0.15, 0.2) is 0 Å². The van der Waals surface area contributed by atoms with Crippen LogP contribution in [0, 0.1) is 5.82 Å². The van der Waals surface area contributed by atoms with Crippen molar-refractivity contribution < 1.29 is 8.78 Å². The molecule has 0 N–H and O–H groups in total. The first kappa shape index (κ1) is 9.13. The van der Waals surface area contributed by atoms with Crippen molar-refractivity contribution in [2.45, 2.75) is 12.3 Å². The van der Waals surface area contributed by atoms with E-state index in [1.54, 1.807) is 18.2 Å². The molecule has 1 aromatic carbocycles. The van der Waals surface area contributed by atoms with Crippen LogP contribution in [0.5, 0.6) is 0 Å². The second-order valence-electron chi connectivity index (χ2n) is 3.33. The molecule has 0 saturated heterocycles. The van der Waals surface area contributed by atoms with E-state index in [1.165, 1.54) is 18.2 Å². The van der Waals surface area contributed by atoms with Gasteiger partial charge in [-0.05, 0) is 23.8 Å². The highest BCUT2D eigenvalue weighted by Crippen LogP contribution is 2.26. The summed E-state index contributed by atoms with van der Waals surface area (Å²) in [5.74, 6) is -0.559. The van der Waals surface area contributed by atoms with Gasteiger partial charge >= 0.3 is 0 Å². The lowest BCUT2D eigenvalue weighted by Gasteiger charge is -2.12. The summed E-state index contributed by atoms with van der Waals surface area (Å²) in [5.41, 5.74) is 0.788. The van der Waals surface area contributed by atoms with Crippen LogP contribution in [-0.2, 0) is 0 Å². The van der Waals surface area contributed by atoms with Crippen LogP contribution in [0.4, 0.5) is 8.78 Å². The molecule has 0 aromatic heterocycles. The quantitative estimate of drug-likeness (QED) is 0.595. The van der Waals surface area contributed by atoms with Gasteiger partial charge in [-0.1, -0.05) is 24.3 Å².